The molecule has 0 saturated heterocycles. The number of carboxylic acids is 1. The van der Waals surface area contributed by atoms with Crippen LogP contribution in [0.3, 0.4) is 0 Å². The van der Waals surface area contributed by atoms with Crippen LogP contribution in [0.5, 0.6) is 0 Å². The Hall–Kier alpha value is -2.67. The highest BCUT2D eigenvalue weighted by Crippen LogP contribution is 2.32. The molecule has 0 amide bonds. The van der Waals surface area contributed by atoms with E-state index < -0.39 is 5.97 Å². The zero-order valence-corrected chi connectivity index (χ0v) is 15.1. The summed E-state index contributed by atoms with van der Waals surface area (Å²) >= 11 is 6.40. The van der Waals surface area contributed by atoms with Crippen molar-refractivity contribution in [3.8, 4) is 5.95 Å². The number of carbonyl (C=O) groups is 1. The normalized spacial score (nSPS) is 11.3. The van der Waals surface area contributed by atoms with Gasteiger partial charge in [0.1, 0.15) is 5.82 Å². The molecule has 0 aliphatic carbocycles. The summed E-state index contributed by atoms with van der Waals surface area (Å²) < 4.78 is 1.35. The molecule has 8 heteroatoms. The van der Waals surface area contributed by atoms with E-state index in [2.05, 4.69) is 28.9 Å². The lowest BCUT2D eigenvalue weighted by molar-refractivity contribution is 0.0697. The fraction of sp³-hybridized carbons (Fsp3) is 0.294. The van der Waals surface area contributed by atoms with Gasteiger partial charge in [0.25, 0.3) is 5.95 Å². The van der Waals surface area contributed by atoms with Crippen molar-refractivity contribution < 1.29 is 9.90 Å². The van der Waals surface area contributed by atoms with Crippen LogP contribution in [0.4, 0.5) is 5.82 Å². The van der Waals surface area contributed by atoms with Crippen LogP contribution in [0.2, 0.25) is 5.02 Å². The van der Waals surface area contributed by atoms with E-state index in [4.69, 9.17) is 16.7 Å². The predicted molar refractivity (Wildman–Crippen MR) is 97.0 cm³/mol. The first-order valence-corrected chi connectivity index (χ1v) is 8.12. The van der Waals surface area contributed by atoms with Gasteiger partial charge in [-0.25, -0.2) is 14.5 Å². The summed E-state index contributed by atoms with van der Waals surface area (Å²) in [5.74, 6) is 0.225. The van der Waals surface area contributed by atoms with Crippen LogP contribution in [0.15, 0.2) is 24.5 Å². The van der Waals surface area contributed by atoms with Gasteiger partial charge < -0.3 is 10.0 Å². The Balaban J connectivity index is 2.25. The summed E-state index contributed by atoms with van der Waals surface area (Å²) in [7, 11) is 3.78. The second-order valence-electron chi connectivity index (χ2n) is 6.27. The topological polar surface area (TPSA) is 84.1 Å². The number of anilines is 1. The average molecular weight is 360 g/mol. The maximum Gasteiger partial charge on any atom is 0.338 e. The fourth-order valence-corrected chi connectivity index (χ4v) is 2.94. The lowest BCUT2D eigenvalue weighted by Crippen LogP contribution is -2.14. The van der Waals surface area contributed by atoms with Crippen LogP contribution in [-0.2, 0) is 0 Å². The second-order valence-corrected chi connectivity index (χ2v) is 6.67. The van der Waals surface area contributed by atoms with Crippen molar-refractivity contribution in [3.05, 3.63) is 40.7 Å². The standard InChI is InChI=1S/C17H18ClN5O2/c1-9(2)11-5-12-14(6-13(11)18)20-17(21-15(12)22(3)4)23-8-10(7-19-23)16(24)25/h5-9H,1-4H3,(H,24,25). The third kappa shape index (κ3) is 3.15. The number of hydrogen-bond donors (Lipinski definition) is 1. The van der Waals surface area contributed by atoms with Crippen molar-refractivity contribution in [3.63, 3.8) is 0 Å². The van der Waals surface area contributed by atoms with Gasteiger partial charge in [-0.05, 0) is 23.6 Å². The Morgan fingerprint density at radius 1 is 1.28 bits per heavy atom. The molecule has 1 aromatic carbocycles. The Morgan fingerprint density at radius 3 is 2.56 bits per heavy atom. The highest BCUT2D eigenvalue weighted by atomic mass is 35.5. The van der Waals surface area contributed by atoms with Crippen molar-refractivity contribution in [2.45, 2.75) is 19.8 Å². The number of aromatic carboxylic acids is 1. The second kappa shape index (κ2) is 6.33. The number of hydrogen-bond acceptors (Lipinski definition) is 5. The summed E-state index contributed by atoms with van der Waals surface area (Å²) in [5, 5.41) is 14.6. The first kappa shape index (κ1) is 17.2. The Kier molecular flexibility index (Phi) is 4.34. The summed E-state index contributed by atoms with van der Waals surface area (Å²) in [6.45, 7) is 4.16. The number of halogens is 1. The first-order chi connectivity index (χ1) is 11.8. The van der Waals surface area contributed by atoms with Gasteiger partial charge in [0, 0.05) is 30.7 Å². The first-order valence-electron chi connectivity index (χ1n) is 7.74. The molecular weight excluding hydrogens is 342 g/mol. The minimum atomic E-state index is -1.05. The van der Waals surface area contributed by atoms with Crippen LogP contribution in [0.25, 0.3) is 16.9 Å². The van der Waals surface area contributed by atoms with Crippen LogP contribution in [0, 0.1) is 0 Å². The van der Waals surface area contributed by atoms with Gasteiger partial charge in [0.2, 0.25) is 0 Å². The molecule has 0 unspecified atom stereocenters. The molecule has 7 nitrogen and oxygen atoms in total. The number of carboxylic acid groups (broad SMARTS) is 1. The van der Waals surface area contributed by atoms with Crippen molar-refractivity contribution in [2.75, 3.05) is 19.0 Å². The lowest BCUT2D eigenvalue weighted by atomic mass is 10.0. The molecule has 0 atom stereocenters. The molecule has 0 aliphatic rings. The zero-order chi connectivity index (χ0) is 18.3. The molecule has 3 aromatic rings. The Labute approximate surface area is 149 Å². The molecule has 1 N–H and O–H groups in total. The Morgan fingerprint density at radius 2 is 2.00 bits per heavy atom. The number of nitrogens with zero attached hydrogens (tertiary/aromatic N) is 5. The van der Waals surface area contributed by atoms with Crippen LogP contribution < -0.4 is 4.90 Å². The molecule has 0 bridgehead atoms. The minimum Gasteiger partial charge on any atom is -0.478 e. The molecule has 130 valence electrons. The lowest BCUT2D eigenvalue weighted by Gasteiger charge is -2.17. The van der Waals surface area contributed by atoms with Crippen molar-refractivity contribution in [1.82, 2.24) is 19.7 Å². The van der Waals surface area contributed by atoms with Crippen LogP contribution >= 0.6 is 11.6 Å². The zero-order valence-electron chi connectivity index (χ0n) is 14.4. The molecule has 25 heavy (non-hydrogen) atoms. The maximum atomic E-state index is 11.1. The molecule has 0 spiro atoms. The smallest absolute Gasteiger partial charge is 0.338 e. The molecule has 2 aromatic heterocycles. The monoisotopic (exact) mass is 359 g/mol. The van der Waals surface area contributed by atoms with Gasteiger partial charge in [-0.3, -0.25) is 0 Å². The summed E-state index contributed by atoms with van der Waals surface area (Å²) in [5.41, 5.74) is 1.78. The third-order valence-corrected chi connectivity index (χ3v) is 4.19. The van der Waals surface area contributed by atoms with Crippen molar-refractivity contribution in [1.29, 1.82) is 0 Å². The predicted octanol–water partition coefficient (Wildman–Crippen LogP) is 3.36. The van der Waals surface area contributed by atoms with E-state index in [9.17, 15) is 4.79 Å². The van der Waals surface area contributed by atoms with E-state index in [1.165, 1.54) is 17.1 Å². The van der Waals surface area contributed by atoms with E-state index in [-0.39, 0.29) is 17.4 Å². The molecule has 0 aliphatic heterocycles. The fourth-order valence-electron chi connectivity index (χ4n) is 2.57. The van der Waals surface area contributed by atoms with Crippen molar-refractivity contribution in [2.24, 2.45) is 0 Å². The molecule has 0 radical (unpaired) electrons. The van der Waals surface area contributed by atoms with E-state index in [1.807, 2.05) is 31.1 Å². The van der Waals surface area contributed by atoms with Gasteiger partial charge >= 0.3 is 5.97 Å². The van der Waals surface area contributed by atoms with E-state index in [0.29, 0.717) is 16.4 Å². The van der Waals surface area contributed by atoms with E-state index in [1.54, 1.807) is 0 Å². The number of rotatable bonds is 4. The summed E-state index contributed by atoms with van der Waals surface area (Å²) in [6, 6.07) is 3.82. The number of benzene rings is 1. The Bertz CT molecular complexity index is 965. The van der Waals surface area contributed by atoms with Crippen LogP contribution in [-0.4, -0.2) is 44.9 Å². The highest BCUT2D eigenvalue weighted by Gasteiger charge is 2.16. The minimum absolute atomic E-state index is 0.0725. The molecule has 3 rings (SSSR count). The molecule has 0 fully saturated rings. The van der Waals surface area contributed by atoms with E-state index in [0.717, 1.165) is 10.9 Å². The van der Waals surface area contributed by atoms with Gasteiger partial charge in [-0.1, -0.05) is 25.4 Å². The highest BCUT2D eigenvalue weighted by molar-refractivity contribution is 6.32. The van der Waals surface area contributed by atoms with Gasteiger partial charge in [-0.15, -0.1) is 0 Å². The molecular formula is C17H18ClN5O2. The van der Waals surface area contributed by atoms with Gasteiger partial charge in [0.15, 0.2) is 0 Å². The summed E-state index contributed by atoms with van der Waals surface area (Å²) in [6.07, 6.45) is 2.65. The summed E-state index contributed by atoms with van der Waals surface area (Å²) in [4.78, 5) is 22.0. The molecule has 0 saturated carbocycles. The van der Waals surface area contributed by atoms with Gasteiger partial charge in [-0.2, -0.15) is 10.1 Å². The number of aromatic nitrogens is 4. The van der Waals surface area contributed by atoms with Crippen LogP contribution in [0.1, 0.15) is 35.7 Å². The van der Waals surface area contributed by atoms with Gasteiger partial charge in [0.05, 0.1) is 17.3 Å². The molecule has 2 heterocycles. The average Bonchev–Trinajstić information content (AvgIpc) is 3.02. The third-order valence-electron chi connectivity index (χ3n) is 3.86. The SMILES string of the molecule is CC(C)c1cc2c(N(C)C)nc(-n3cc(C(=O)O)cn3)nc2cc1Cl. The maximum absolute atomic E-state index is 11.1. The van der Waals surface area contributed by atoms with Crippen molar-refractivity contribution >= 4 is 34.3 Å². The van der Waals surface area contributed by atoms with E-state index >= 15 is 0 Å². The largest absolute Gasteiger partial charge is 0.478 e. The number of fused-ring (bicyclic) bond motifs is 1. The quantitative estimate of drug-likeness (QED) is 0.769.